The normalized spacial score (nSPS) is 11.4. The van der Waals surface area contributed by atoms with Crippen molar-refractivity contribution in [1.82, 2.24) is 0 Å². The standard InChI is InChI=1S/C14H17NO3/c1-4-10(7-8-15)14(16)12-9-11(17-2)5-6-13(12)18-3/h5-6,9-10H,4,7H2,1-3H3. The number of ketones is 1. The van der Waals surface area contributed by atoms with E-state index >= 15 is 0 Å². The van der Waals surface area contributed by atoms with Gasteiger partial charge in [0.1, 0.15) is 11.5 Å². The van der Waals surface area contributed by atoms with Crippen molar-refractivity contribution >= 4 is 5.78 Å². The lowest BCUT2D eigenvalue weighted by Gasteiger charge is -2.14. The van der Waals surface area contributed by atoms with Gasteiger partial charge in [-0.05, 0) is 24.6 Å². The molecule has 0 aliphatic rings. The second-order valence-corrected chi connectivity index (χ2v) is 3.90. The first-order valence-electron chi connectivity index (χ1n) is 5.81. The molecule has 0 N–H and O–H groups in total. The lowest BCUT2D eigenvalue weighted by atomic mass is 9.92. The van der Waals surface area contributed by atoms with Crippen molar-refractivity contribution in [3.63, 3.8) is 0 Å². The predicted octanol–water partition coefficient (Wildman–Crippen LogP) is 2.83. The van der Waals surface area contributed by atoms with E-state index in [1.165, 1.54) is 7.11 Å². The summed E-state index contributed by atoms with van der Waals surface area (Å²) in [5, 5.41) is 8.73. The Morgan fingerprint density at radius 2 is 2.11 bits per heavy atom. The van der Waals surface area contributed by atoms with Crippen molar-refractivity contribution in [3.8, 4) is 17.6 Å². The van der Waals surface area contributed by atoms with Gasteiger partial charge in [-0.3, -0.25) is 4.79 Å². The van der Waals surface area contributed by atoms with Crippen LogP contribution in [0.5, 0.6) is 11.5 Å². The Kier molecular flexibility index (Phi) is 5.19. The summed E-state index contributed by atoms with van der Waals surface area (Å²) < 4.78 is 10.3. The first-order valence-corrected chi connectivity index (χ1v) is 5.81. The maximum Gasteiger partial charge on any atom is 0.170 e. The zero-order valence-electron chi connectivity index (χ0n) is 10.9. The molecule has 0 amide bonds. The van der Waals surface area contributed by atoms with Gasteiger partial charge in [0.25, 0.3) is 0 Å². The molecule has 1 atom stereocenters. The molecule has 0 aliphatic heterocycles. The van der Waals surface area contributed by atoms with E-state index in [0.717, 1.165) is 0 Å². The highest BCUT2D eigenvalue weighted by Gasteiger charge is 2.22. The monoisotopic (exact) mass is 247 g/mol. The van der Waals surface area contributed by atoms with Crippen LogP contribution in [0.2, 0.25) is 0 Å². The number of nitriles is 1. The molecule has 0 radical (unpaired) electrons. The predicted molar refractivity (Wildman–Crippen MR) is 67.9 cm³/mol. The maximum atomic E-state index is 12.3. The largest absolute Gasteiger partial charge is 0.497 e. The number of Topliss-reactive ketones (excluding diaryl/α,β-unsaturated/α-hetero) is 1. The lowest BCUT2D eigenvalue weighted by molar-refractivity contribution is 0.0915. The average molecular weight is 247 g/mol. The van der Waals surface area contributed by atoms with Crippen molar-refractivity contribution in [2.45, 2.75) is 19.8 Å². The summed E-state index contributed by atoms with van der Waals surface area (Å²) in [7, 11) is 3.06. The van der Waals surface area contributed by atoms with Crippen molar-refractivity contribution in [3.05, 3.63) is 23.8 Å². The minimum atomic E-state index is -0.295. The highest BCUT2D eigenvalue weighted by atomic mass is 16.5. The third-order valence-electron chi connectivity index (χ3n) is 2.87. The summed E-state index contributed by atoms with van der Waals surface area (Å²) in [6, 6.07) is 7.13. The molecular weight excluding hydrogens is 230 g/mol. The number of methoxy groups -OCH3 is 2. The van der Waals surface area contributed by atoms with E-state index in [4.69, 9.17) is 14.7 Å². The quantitative estimate of drug-likeness (QED) is 0.725. The Bertz CT molecular complexity index is 463. The molecule has 1 rings (SSSR count). The lowest BCUT2D eigenvalue weighted by Crippen LogP contribution is -2.14. The van der Waals surface area contributed by atoms with Gasteiger partial charge in [0.15, 0.2) is 5.78 Å². The molecule has 96 valence electrons. The molecule has 0 heterocycles. The summed E-state index contributed by atoms with van der Waals surface area (Å²) >= 11 is 0. The van der Waals surface area contributed by atoms with Gasteiger partial charge in [0, 0.05) is 12.3 Å². The van der Waals surface area contributed by atoms with Crippen LogP contribution in [0.15, 0.2) is 18.2 Å². The Balaban J connectivity index is 3.13. The summed E-state index contributed by atoms with van der Waals surface area (Å²) in [4.78, 5) is 12.3. The fourth-order valence-corrected chi connectivity index (χ4v) is 1.76. The molecule has 18 heavy (non-hydrogen) atoms. The van der Waals surface area contributed by atoms with Crippen LogP contribution in [0.4, 0.5) is 0 Å². The zero-order valence-corrected chi connectivity index (χ0v) is 10.9. The molecule has 1 aromatic carbocycles. The molecule has 0 fully saturated rings. The number of nitrogens with zero attached hydrogens (tertiary/aromatic N) is 1. The highest BCUT2D eigenvalue weighted by molar-refractivity contribution is 6.00. The minimum absolute atomic E-state index is 0.0743. The molecule has 0 saturated heterocycles. The second-order valence-electron chi connectivity index (χ2n) is 3.90. The van der Waals surface area contributed by atoms with E-state index in [0.29, 0.717) is 23.5 Å². The van der Waals surface area contributed by atoms with Crippen molar-refractivity contribution in [2.75, 3.05) is 14.2 Å². The van der Waals surface area contributed by atoms with Gasteiger partial charge in [-0.2, -0.15) is 5.26 Å². The number of carbonyl (C=O) groups excluding carboxylic acids is 1. The molecule has 0 aromatic heterocycles. The number of rotatable bonds is 6. The summed E-state index contributed by atoms with van der Waals surface area (Å²) in [5.74, 6) is 0.744. The van der Waals surface area contributed by atoms with Crippen LogP contribution in [-0.2, 0) is 0 Å². The Hall–Kier alpha value is -2.02. The van der Waals surface area contributed by atoms with Crippen LogP contribution in [0.1, 0.15) is 30.1 Å². The highest BCUT2D eigenvalue weighted by Crippen LogP contribution is 2.28. The first kappa shape index (κ1) is 14.0. The van der Waals surface area contributed by atoms with Crippen molar-refractivity contribution in [2.24, 2.45) is 5.92 Å². The van der Waals surface area contributed by atoms with E-state index in [1.54, 1.807) is 25.3 Å². The van der Waals surface area contributed by atoms with Crippen LogP contribution < -0.4 is 9.47 Å². The van der Waals surface area contributed by atoms with Crippen LogP contribution in [0, 0.1) is 17.2 Å². The summed E-state index contributed by atoms with van der Waals surface area (Å²) in [6.07, 6.45) is 0.850. The SMILES string of the molecule is CCC(CC#N)C(=O)c1cc(OC)ccc1OC. The van der Waals surface area contributed by atoms with Gasteiger partial charge in [-0.1, -0.05) is 6.92 Å². The molecule has 4 nitrogen and oxygen atoms in total. The van der Waals surface area contributed by atoms with Crippen LogP contribution >= 0.6 is 0 Å². The molecule has 0 spiro atoms. The van der Waals surface area contributed by atoms with E-state index < -0.39 is 0 Å². The van der Waals surface area contributed by atoms with Gasteiger partial charge in [0.05, 0.1) is 25.9 Å². The van der Waals surface area contributed by atoms with Crippen LogP contribution in [0.25, 0.3) is 0 Å². The van der Waals surface area contributed by atoms with E-state index in [2.05, 4.69) is 0 Å². The van der Waals surface area contributed by atoms with E-state index in [-0.39, 0.29) is 18.1 Å². The van der Waals surface area contributed by atoms with Gasteiger partial charge in [0.2, 0.25) is 0 Å². The van der Waals surface area contributed by atoms with Gasteiger partial charge >= 0.3 is 0 Å². The average Bonchev–Trinajstić information content (AvgIpc) is 2.43. The molecule has 4 heteroatoms. The van der Waals surface area contributed by atoms with Crippen LogP contribution in [-0.4, -0.2) is 20.0 Å². The summed E-state index contributed by atoms with van der Waals surface area (Å²) in [6.45, 7) is 1.90. The second kappa shape index (κ2) is 6.65. The van der Waals surface area contributed by atoms with Gasteiger partial charge in [-0.25, -0.2) is 0 Å². The number of carbonyl (C=O) groups is 1. The third kappa shape index (κ3) is 3.01. The number of ether oxygens (including phenoxy) is 2. The molecular formula is C14H17NO3. The zero-order chi connectivity index (χ0) is 13.5. The summed E-state index contributed by atoms with van der Waals surface area (Å²) in [5.41, 5.74) is 0.471. The van der Waals surface area contributed by atoms with Gasteiger partial charge in [-0.15, -0.1) is 0 Å². The van der Waals surface area contributed by atoms with Crippen LogP contribution in [0.3, 0.4) is 0 Å². The fraction of sp³-hybridized carbons (Fsp3) is 0.429. The Morgan fingerprint density at radius 3 is 2.61 bits per heavy atom. The Morgan fingerprint density at radius 1 is 1.39 bits per heavy atom. The van der Waals surface area contributed by atoms with Gasteiger partial charge < -0.3 is 9.47 Å². The molecule has 1 aromatic rings. The number of hydrogen-bond acceptors (Lipinski definition) is 4. The topological polar surface area (TPSA) is 59.3 Å². The minimum Gasteiger partial charge on any atom is -0.497 e. The van der Waals surface area contributed by atoms with Crippen molar-refractivity contribution in [1.29, 1.82) is 5.26 Å². The molecule has 0 saturated carbocycles. The number of benzene rings is 1. The third-order valence-corrected chi connectivity index (χ3v) is 2.87. The molecule has 0 aliphatic carbocycles. The van der Waals surface area contributed by atoms with Crippen molar-refractivity contribution < 1.29 is 14.3 Å². The maximum absolute atomic E-state index is 12.3. The number of hydrogen-bond donors (Lipinski definition) is 0. The molecule has 0 bridgehead atoms. The first-order chi connectivity index (χ1) is 8.67. The fourth-order valence-electron chi connectivity index (χ4n) is 1.76. The smallest absolute Gasteiger partial charge is 0.170 e. The Labute approximate surface area is 107 Å². The molecule has 1 unspecified atom stereocenters. The van der Waals surface area contributed by atoms with E-state index in [9.17, 15) is 4.79 Å². The van der Waals surface area contributed by atoms with E-state index in [1.807, 2.05) is 13.0 Å².